The second-order valence-electron chi connectivity index (χ2n) is 8.06. The van der Waals surface area contributed by atoms with Crippen LogP contribution in [0.3, 0.4) is 0 Å². The Bertz CT molecular complexity index is 1090. The molecule has 0 spiro atoms. The minimum absolute atomic E-state index is 0.0794. The van der Waals surface area contributed by atoms with Crippen LogP contribution in [0, 0.1) is 11.6 Å². The molecule has 4 rings (SSSR count). The highest BCUT2D eigenvalue weighted by Gasteiger charge is 2.52. The van der Waals surface area contributed by atoms with Gasteiger partial charge in [0.15, 0.2) is 6.23 Å². The molecule has 0 aromatic heterocycles. The van der Waals surface area contributed by atoms with Crippen molar-refractivity contribution in [2.45, 2.75) is 38.1 Å². The van der Waals surface area contributed by atoms with E-state index >= 15 is 0 Å². The average molecular weight is 529 g/mol. The Morgan fingerprint density at radius 2 is 1.97 bits per heavy atom. The van der Waals surface area contributed by atoms with Crippen molar-refractivity contribution >= 4 is 39.1 Å². The molecule has 2 aliphatic rings. The Kier molecular flexibility index (Phi) is 6.19. The molecule has 1 amide bonds. The summed E-state index contributed by atoms with van der Waals surface area (Å²) in [6.07, 6.45) is -0.389. The molecule has 2 unspecified atom stereocenters. The van der Waals surface area contributed by atoms with Gasteiger partial charge in [-0.2, -0.15) is 0 Å². The van der Waals surface area contributed by atoms with E-state index < -0.39 is 29.3 Å². The monoisotopic (exact) mass is 527 g/mol. The zero-order chi connectivity index (χ0) is 23.2. The normalized spacial score (nSPS) is 22.3. The fourth-order valence-electron chi connectivity index (χ4n) is 4.30. The van der Waals surface area contributed by atoms with Crippen molar-refractivity contribution in [2.24, 2.45) is 0 Å². The first kappa shape index (κ1) is 23.0. The second-order valence-corrected chi connectivity index (χ2v) is 9.29. The summed E-state index contributed by atoms with van der Waals surface area (Å²) in [6, 6.07) is 9.03. The summed E-state index contributed by atoms with van der Waals surface area (Å²) in [4.78, 5) is 13.4. The van der Waals surface area contributed by atoms with Crippen LogP contribution in [0.4, 0.5) is 14.5 Å². The number of aliphatic hydroxyl groups is 2. The molecule has 1 saturated heterocycles. The summed E-state index contributed by atoms with van der Waals surface area (Å²) in [7, 11) is 0. The molecule has 170 valence electrons. The summed E-state index contributed by atoms with van der Waals surface area (Å²) in [6.45, 7) is 2.52. The van der Waals surface area contributed by atoms with Crippen molar-refractivity contribution < 1.29 is 23.8 Å². The van der Waals surface area contributed by atoms with Gasteiger partial charge in [-0.1, -0.05) is 23.7 Å². The van der Waals surface area contributed by atoms with Gasteiger partial charge in [0.2, 0.25) is 0 Å². The second kappa shape index (κ2) is 8.62. The maximum atomic E-state index is 13.9. The Hall–Kier alpha value is -2.20. The van der Waals surface area contributed by atoms with Gasteiger partial charge in [0.25, 0.3) is 5.91 Å². The highest BCUT2D eigenvalue weighted by Crippen LogP contribution is 2.42. The maximum absolute atomic E-state index is 13.9. The zero-order valence-electron chi connectivity index (χ0n) is 17.1. The summed E-state index contributed by atoms with van der Waals surface area (Å²) in [5, 5.41) is 28.1. The van der Waals surface area contributed by atoms with E-state index in [0.717, 1.165) is 24.1 Å². The highest BCUT2D eigenvalue weighted by molar-refractivity contribution is 9.10. The van der Waals surface area contributed by atoms with Gasteiger partial charge in [0.05, 0.1) is 16.6 Å². The fraction of sp³-hybridized carbons (Fsp3) is 0.318. The molecule has 1 fully saturated rings. The van der Waals surface area contributed by atoms with E-state index in [1.165, 1.54) is 5.01 Å². The summed E-state index contributed by atoms with van der Waals surface area (Å²) in [5.74, 6) is -2.62. The predicted octanol–water partition coefficient (Wildman–Crippen LogP) is 4.74. The van der Waals surface area contributed by atoms with Gasteiger partial charge >= 0.3 is 0 Å². The molecule has 2 aromatic carbocycles. The summed E-state index contributed by atoms with van der Waals surface area (Å²) in [5.41, 5.74) is -0.471. The molecule has 0 bridgehead atoms. The number of carbonyl (C=O) groups is 1. The first-order chi connectivity index (χ1) is 15.1. The Morgan fingerprint density at radius 3 is 2.62 bits per heavy atom. The van der Waals surface area contributed by atoms with Crippen molar-refractivity contribution in [3.05, 3.63) is 74.4 Å². The van der Waals surface area contributed by atoms with E-state index in [0.29, 0.717) is 18.0 Å². The molecule has 0 saturated carbocycles. The van der Waals surface area contributed by atoms with Gasteiger partial charge < -0.3 is 15.5 Å². The summed E-state index contributed by atoms with van der Waals surface area (Å²) >= 11 is 8.88. The van der Waals surface area contributed by atoms with Gasteiger partial charge in [-0.15, -0.1) is 0 Å². The lowest BCUT2D eigenvalue weighted by Crippen LogP contribution is -2.60. The Morgan fingerprint density at radius 1 is 1.28 bits per heavy atom. The van der Waals surface area contributed by atoms with Crippen LogP contribution in [0.5, 0.6) is 0 Å². The third-order valence-electron chi connectivity index (χ3n) is 5.91. The van der Waals surface area contributed by atoms with Gasteiger partial charge in [0, 0.05) is 17.3 Å². The minimum atomic E-state index is -1.69. The standard InChI is InChI=1S/C22H21BrClF2N3O3/c1-22-6-3-7-29(22)28(11-12-4-2-5-13(24)8-12)21(32)17(19(22)30)20(31)27-14-9-15(25)18(23)16(26)10-14/h2,4-5,8-10,20,27,30-31H,3,6-7,11H2,1H3. The smallest absolute Gasteiger partial charge is 0.272 e. The molecular formula is C22H21BrClF2N3O3. The average Bonchev–Trinajstić information content (AvgIpc) is 3.12. The van der Waals surface area contributed by atoms with Gasteiger partial charge in [-0.25, -0.2) is 13.8 Å². The van der Waals surface area contributed by atoms with Crippen LogP contribution in [-0.2, 0) is 11.3 Å². The van der Waals surface area contributed by atoms with Crippen LogP contribution in [0.2, 0.25) is 5.02 Å². The van der Waals surface area contributed by atoms with Crippen molar-refractivity contribution in [1.29, 1.82) is 0 Å². The van der Waals surface area contributed by atoms with Gasteiger partial charge in [0.1, 0.15) is 23.0 Å². The third kappa shape index (κ3) is 3.98. The van der Waals surface area contributed by atoms with Crippen molar-refractivity contribution in [2.75, 3.05) is 11.9 Å². The Balaban J connectivity index is 1.69. The van der Waals surface area contributed by atoms with Crippen molar-refractivity contribution in [3.8, 4) is 0 Å². The number of anilines is 1. The number of carbonyl (C=O) groups excluding carboxylic acids is 1. The first-order valence-electron chi connectivity index (χ1n) is 9.98. The summed E-state index contributed by atoms with van der Waals surface area (Å²) < 4.78 is 27.5. The molecule has 32 heavy (non-hydrogen) atoms. The van der Waals surface area contributed by atoms with E-state index in [1.807, 2.05) is 6.07 Å². The van der Waals surface area contributed by atoms with E-state index in [2.05, 4.69) is 21.2 Å². The van der Waals surface area contributed by atoms with Crippen molar-refractivity contribution in [3.63, 3.8) is 0 Å². The van der Waals surface area contributed by atoms with Crippen LogP contribution < -0.4 is 5.32 Å². The number of aliphatic hydroxyl groups excluding tert-OH is 2. The number of rotatable bonds is 5. The SMILES string of the molecule is CC12CCCN1N(Cc1cccc(Cl)c1)C(=O)C(C(O)Nc1cc(F)c(Br)c(F)c1)=C2O. The molecular weight excluding hydrogens is 508 g/mol. The number of hydrazine groups is 1. The molecule has 0 aliphatic carbocycles. The largest absolute Gasteiger partial charge is 0.510 e. The highest BCUT2D eigenvalue weighted by atomic mass is 79.9. The van der Waals surface area contributed by atoms with E-state index in [1.54, 1.807) is 30.1 Å². The zero-order valence-corrected chi connectivity index (χ0v) is 19.4. The topological polar surface area (TPSA) is 76.0 Å². The van der Waals surface area contributed by atoms with Crippen molar-refractivity contribution in [1.82, 2.24) is 10.0 Å². The number of amides is 1. The van der Waals surface area contributed by atoms with Gasteiger partial charge in [-0.05, 0) is 65.5 Å². The molecule has 10 heteroatoms. The quantitative estimate of drug-likeness (QED) is 0.386. The number of hydrogen-bond donors (Lipinski definition) is 3. The predicted molar refractivity (Wildman–Crippen MR) is 120 cm³/mol. The van der Waals surface area contributed by atoms with Crippen LogP contribution >= 0.6 is 27.5 Å². The number of benzene rings is 2. The number of halogens is 4. The molecule has 2 aromatic rings. The number of fused-ring (bicyclic) bond motifs is 1. The maximum Gasteiger partial charge on any atom is 0.272 e. The molecule has 3 N–H and O–H groups in total. The van der Waals surface area contributed by atoms with E-state index in [-0.39, 0.29) is 28.0 Å². The lowest BCUT2D eigenvalue weighted by molar-refractivity contribution is -0.161. The molecule has 2 aliphatic heterocycles. The van der Waals surface area contributed by atoms with Crippen LogP contribution in [0.25, 0.3) is 0 Å². The lowest BCUT2D eigenvalue weighted by Gasteiger charge is -2.47. The van der Waals surface area contributed by atoms with Crippen LogP contribution in [-0.4, -0.2) is 44.4 Å². The number of nitrogens with zero attached hydrogens (tertiary/aromatic N) is 2. The van der Waals surface area contributed by atoms with E-state index in [4.69, 9.17) is 11.6 Å². The first-order valence-corrected chi connectivity index (χ1v) is 11.2. The van der Waals surface area contributed by atoms with Crippen LogP contribution in [0.1, 0.15) is 25.3 Å². The number of nitrogens with one attached hydrogen (secondary N) is 1. The lowest BCUT2D eigenvalue weighted by atomic mass is 9.90. The molecule has 6 nitrogen and oxygen atoms in total. The Labute approximate surface area is 197 Å². The molecule has 2 heterocycles. The number of hydrogen-bond acceptors (Lipinski definition) is 5. The van der Waals surface area contributed by atoms with E-state index in [9.17, 15) is 23.8 Å². The fourth-order valence-corrected chi connectivity index (χ4v) is 4.74. The minimum Gasteiger partial charge on any atom is -0.510 e. The third-order valence-corrected chi connectivity index (χ3v) is 6.90. The molecule has 0 radical (unpaired) electrons. The van der Waals surface area contributed by atoms with Crippen LogP contribution in [0.15, 0.2) is 52.2 Å². The van der Waals surface area contributed by atoms with Gasteiger partial charge in [-0.3, -0.25) is 9.80 Å². The molecule has 2 atom stereocenters.